The Balaban J connectivity index is 1.65. The summed E-state index contributed by atoms with van der Waals surface area (Å²) in [7, 11) is 0. The molecule has 1 atom stereocenters. The van der Waals surface area contributed by atoms with Crippen LogP contribution in [0.4, 0.5) is 0 Å². The maximum atomic E-state index is 12.0. The van der Waals surface area contributed by atoms with Crippen molar-refractivity contribution in [3.8, 4) is 5.75 Å². The summed E-state index contributed by atoms with van der Waals surface area (Å²) in [6, 6.07) is 15.5. The van der Waals surface area contributed by atoms with Crippen LogP contribution in [-0.2, 0) is 10.5 Å². The standard InChI is InChI=1S/C19H22ClNO2S/c1-14-5-3-6-16(11-14)13-24-10-9-21-19(22)15(2)23-18-8-4-7-17(20)12-18/h3-8,11-12,15H,9-10,13H2,1-2H3,(H,21,22)/t15-/m0/s1. The first-order valence-corrected chi connectivity index (χ1v) is 9.41. The molecule has 0 fully saturated rings. The molecule has 1 amide bonds. The predicted molar refractivity (Wildman–Crippen MR) is 102 cm³/mol. The van der Waals surface area contributed by atoms with E-state index >= 15 is 0 Å². The van der Waals surface area contributed by atoms with Crippen molar-refractivity contribution < 1.29 is 9.53 Å². The van der Waals surface area contributed by atoms with Gasteiger partial charge in [-0.15, -0.1) is 0 Å². The van der Waals surface area contributed by atoms with Crippen molar-refractivity contribution in [2.45, 2.75) is 25.7 Å². The minimum atomic E-state index is -0.551. The number of carbonyl (C=O) groups is 1. The van der Waals surface area contributed by atoms with Crippen molar-refractivity contribution in [1.29, 1.82) is 0 Å². The smallest absolute Gasteiger partial charge is 0.260 e. The van der Waals surface area contributed by atoms with Crippen LogP contribution in [0.3, 0.4) is 0 Å². The van der Waals surface area contributed by atoms with E-state index in [1.165, 1.54) is 11.1 Å². The van der Waals surface area contributed by atoms with Gasteiger partial charge in [0.15, 0.2) is 6.10 Å². The van der Waals surface area contributed by atoms with E-state index in [2.05, 4.69) is 36.5 Å². The maximum absolute atomic E-state index is 12.0. The Bertz CT molecular complexity index is 678. The monoisotopic (exact) mass is 363 g/mol. The summed E-state index contributed by atoms with van der Waals surface area (Å²) < 4.78 is 5.59. The zero-order chi connectivity index (χ0) is 17.4. The molecule has 0 saturated heterocycles. The number of hydrogen-bond donors (Lipinski definition) is 1. The number of nitrogens with one attached hydrogen (secondary N) is 1. The zero-order valence-corrected chi connectivity index (χ0v) is 15.5. The average Bonchev–Trinajstić information content (AvgIpc) is 2.54. The molecule has 0 radical (unpaired) electrons. The van der Waals surface area contributed by atoms with Gasteiger partial charge in [0.25, 0.3) is 5.91 Å². The summed E-state index contributed by atoms with van der Waals surface area (Å²) in [5.74, 6) is 2.29. The summed E-state index contributed by atoms with van der Waals surface area (Å²) in [6.45, 7) is 4.45. The highest BCUT2D eigenvalue weighted by atomic mass is 35.5. The highest BCUT2D eigenvalue weighted by Gasteiger charge is 2.14. The number of hydrogen-bond acceptors (Lipinski definition) is 3. The number of halogens is 1. The molecule has 24 heavy (non-hydrogen) atoms. The van der Waals surface area contributed by atoms with Gasteiger partial charge in [-0.3, -0.25) is 4.79 Å². The summed E-state index contributed by atoms with van der Waals surface area (Å²) in [5, 5.41) is 3.49. The second-order valence-corrected chi connectivity index (χ2v) is 7.09. The number of aryl methyl sites for hydroxylation is 1. The molecule has 5 heteroatoms. The van der Waals surface area contributed by atoms with Crippen LogP contribution in [0.15, 0.2) is 48.5 Å². The third kappa shape index (κ3) is 6.46. The van der Waals surface area contributed by atoms with Gasteiger partial charge in [0.05, 0.1) is 0 Å². The Morgan fingerprint density at radius 2 is 2.04 bits per heavy atom. The molecular formula is C19H22ClNO2S. The highest BCUT2D eigenvalue weighted by molar-refractivity contribution is 7.98. The van der Waals surface area contributed by atoms with Crippen molar-refractivity contribution >= 4 is 29.3 Å². The minimum absolute atomic E-state index is 0.119. The van der Waals surface area contributed by atoms with Crippen molar-refractivity contribution in [1.82, 2.24) is 5.32 Å². The second kappa shape index (κ2) is 9.60. The van der Waals surface area contributed by atoms with E-state index < -0.39 is 6.10 Å². The normalized spacial score (nSPS) is 11.8. The summed E-state index contributed by atoms with van der Waals surface area (Å²) in [4.78, 5) is 12.0. The topological polar surface area (TPSA) is 38.3 Å². The van der Waals surface area contributed by atoms with Crippen LogP contribution in [0.2, 0.25) is 5.02 Å². The zero-order valence-electron chi connectivity index (χ0n) is 13.9. The Kier molecular flexibility index (Phi) is 7.47. The molecule has 0 aromatic heterocycles. The molecule has 0 aliphatic heterocycles. The second-order valence-electron chi connectivity index (χ2n) is 5.55. The van der Waals surface area contributed by atoms with E-state index in [0.717, 1.165) is 11.5 Å². The van der Waals surface area contributed by atoms with E-state index in [1.807, 2.05) is 0 Å². The third-order valence-electron chi connectivity index (χ3n) is 3.38. The van der Waals surface area contributed by atoms with Gasteiger partial charge in [-0.05, 0) is 37.6 Å². The number of amides is 1. The van der Waals surface area contributed by atoms with Crippen LogP contribution >= 0.6 is 23.4 Å². The summed E-state index contributed by atoms with van der Waals surface area (Å²) in [5.41, 5.74) is 2.58. The first-order chi connectivity index (χ1) is 11.5. The molecule has 2 aromatic carbocycles. The van der Waals surface area contributed by atoms with Gasteiger partial charge < -0.3 is 10.1 Å². The lowest BCUT2D eigenvalue weighted by molar-refractivity contribution is -0.127. The van der Waals surface area contributed by atoms with E-state index in [1.54, 1.807) is 43.0 Å². The van der Waals surface area contributed by atoms with Crippen LogP contribution in [0, 0.1) is 6.92 Å². The van der Waals surface area contributed by atoms with Crippen molar-refractivity contribution in [2.24, 2.45) is 0 Å². The fourth-order valence-electron chi connectivity index (χ4n) is 2.18. The number of carbonyl (C=O) groups excluding carboxylic acids is 1. The van der Waals surface area contributed by atoms with Gasteiger partial charge in [0.1, 0.15) is 5.75 Å². The largest absolute Gasteiger partial charge is 0.481 e. The number of ether oxygens (including phenoxy) is 1. The molecule has 2 rings (SSSR count). The van der Waals surface area contributed by atoms with E-state index in [4.69, 9.17) is 16.3 Å². The average molecular weight is 364 g/mol. The van der Waals surface area contributed by atoms with Crippen LogP contribution < -0.4 is 10.1 Å². The van der Waals surface area contributed by atoms with Crippen molar-refractivity contribution in [2.75, 3.05) is 12.3 Å². The number of rotatable bonds is 8. The lowest BCUT2D eigenvalue weighted by atomic mass is 10.2. The van der Waals surface area contributed by atoms with Crippen LogP contribution in [-0.4, -0.2) is 24.3 Å². The van der Waals surface area contributed by atoms with Gasteiger partial charge in [-0.25, -0.2) is 0 Å². The van der Waals surface area contributed by atoms with Gasteiger partial charge >= 0.3 is 0 Å². The fourth-order valence-corrected chi connectivity index (χ4v) is 3.17. The van der Waals surface area contributed by atoms with E-state index in [9.17, 15) is 4.79 Å². The Morgan fingerprint density at radius 1 is 1.25 bits per heavy atom. The quantitative estimate of drug-likeness (QED) is 0.703. The van der Waals surface area contributed by atoms with Crippen molar-refractivity contribution in [3.63, 3.8) is 0 Å². The Hall–Kier alpha value is -1.65. The molecule has 2 aromatic rings. The Labute approximate surface area is 152 Å². The molecule has 0 unspecified atom stereocenters. The lowest BCUT2D eigenvalue weighted by Crippen LogP contribution is -2.37. The van der Waals surface area contributed by atoms with Crippen molar-refractivity contribution in [3.05, 3.63) is 64.7 Å². The fraction of sp³-hybridized carbons (Fsp3) is 0.316. The first-order valence-electron chi connectivity index (χ1n) is 7.88. The van der Waals surface area contributed by atoms with E-state index in [0.29, 0.717) is 17.3 Å². The van der Waals surface area contributed by atoms with Gasteiger partial charge in [-0.1, -0.05) is 47.5 Å². The molecule has 3 nitrogen and oxygen atoms in total. The molecular weight excluding hydrogens is 342 g/mol. The maximum Gasteiger partial charge on any atom is 0.260 e. The summed E-state index contributed by atoms with van der Waals surface area (Å²) >= 11 is 7.70. The molecule has 0 spiro atoms. The predicted octanol–water partition coefficient (Wildman–Crippen LogP) is 4.47. The SMILES string of the molecule is Cc1cccc(CSCCNC(=O)[C@H](C)Oc2cccc(Cl)c2)c1. The molecule has 128 valence electrons. The van der Waals surface area contributed by atoms with Gasteiger partial charge in [0, 0.05) is 23.1 Å². The minimum Gasteiger partial charge on any atom is -0.481 e. The third-order valence-corrected chi connectivity index (χ3v) is 4.64. The molecule has 0 aliphatic rings. The molecule has 0 saturated carbocycles. The van der Waals surface area contributed by atoms with Gasteiger partial charge in [-0.2, -0.15) is 11.8 Å². The highest BCUT2D eigenvalue weighted by Crippen LogP contribution is 2.18. The van der Waals surface area contributed by atoms with Gasteiger partial charge in [0.2, 0.25) is 0 Å². The van der Waals surface area contributed by atoms with Crippen LogP contribution in [0.25, 0.3) is 0 Å². The number of benzene rings is 2. The molecule has 0 bridgehead atoms. The lowest BCUT2D eigenvalue weighted by Gasteiger charge is -2.14. The first kappa shape index (κ1) is 18.7. The van der Waals surface area contributed by atoms with E-state index in [-0.39, 0.29) is 5.91 Å². The van der Waals surface area contributed by atoms with Crippen LogP contribution in [0.5, 0.6) is 5.75 Å². The number of thioether (sulfide) groups is 1. The summed E-state index contributed by atoms with van der Waals surface area (Å²) in [6.07, 6.45) is -0.551. The molecule has 0 heterocycles. The molecule has 1 N–H and O–H groups in total. The Morgan fingerprint density at radius 3 is 2.79 bits per heavy atom. The molecule has 0 aliphatic carbocycles. The van der Waals surface area contributed by atoms with Crippen LogP contribution in [0.1, 0.15) is 18.1 Å².